The first kappa shape index (κ1) is 16.8. The SMILES string of the molecule is CC(C=NNC(=O)COc1ccccc1Cl)=Cc1ccccc1. The topological polar surface area (TPSA) is 50.7 Å². The van der Waals surface area contributed by atoms with Crippen LogP contribution in [-0.4, -0.2) is 18.7 Å². The van der Waals surface area contributed by atoms with Gasteiger partial charge in [-0.25, -0.2) is 5.43 Å². The average molecular weight is 329 g/mol. The van der Waals surface area contributed by atoms with Crippen LogP contribution in [0.25, 0.3) is 6.08 Å². The lowest BCUT2D eigenvalue weighted by Crippen LogP contribution is -2.24. The number of hydrogen-bond donors (Lipinski definition) is 1. The number of allylic oxidation sites excluding steroid dienone is 1. The van der Waals surface area contributed by atoms with Gasteiger partial charge in [0.05, 0.1) is 11.2 Å². The third-order valence-corrected chi connectivity index (χ3v) is 3.16. The molecule has 2 aromatic rings. The lowest BCUT2D eigenvalue weighted by Gasteiger charge is -2.06. The zero-order chi connectivity index (χ0) is 16.5. The van der Waals surface area contributed by atoms with Gasteiger partial charge in [0.1, 0.15) is 5.75 Å². The van der Waals surface area contributed by atoms with Crippen molar-refractivity contribution in [1.29, 1.82) is 0 Å². The van der Waals surface area contributed by atoms with Gasteiger partial charge in [0.2, 0.25) is 0 Å². The lowest BCUT2D eigenvalue weighted by atomic mass is 10.1. The first-order chi connectivity index (χ1) is 11.1. The number of hydrogen-bond acceptors (Lipinski definition) is 3. The molecule has 0 aliphatic rings. The summed E-state index contributed by atoms with van der Waals surface area (Å²) in [5.74, 6) is 0.113. The van der Waals surface area contributed by atoms with Crippen LogP contribution in [-0.2, 0) is 4.79 Å². The van der Waals surface area contributed by atoms with Crippen molar-refractivity contribution < 1.29 is 9.53 Å². The molecule has 5 heteroatoms. The van der Waals surface area contributed by atoms with E-state index in [1.54, 1.807) is 30.5 Å². The maximum atomic E-state index is 11.7. The maximum Gasteiger partial charge on any atom is 0.277 e. The largest absolute Gasteiger partial charge is 0.482 e. The Morgan fingerprint density at radius 2 is 1.87 bits per heavy atom. The Balaban J connectivity index is 1.80. The molecule has 2 aromatic carbocycles. The summed E-state index contributed by atoms with van der Waals surface area (Å²) in [5, 5.41) is 4.36. The van der Waals surface area contributed by atoms with Crippen LogP contribution >= 0.6 is 11.6 Å². The predicted octanol–water partition coefficient (Wildman–Crippen LogP) is 3.92. The molecule has 0 saturated heterocycles. The van der Waals surface area contributed by atoms with Crippen molar-refractivity contribution in [3.05, 3.63) is 70.8 Å². The van der Waals surface area contributed by atoms with Crippen LogP contribution in [0, 0.1) is 0 Å². The molecule has 118 valence electrons. The Bertz CT molecular complexity index is 712. The minimum atomic E-state index is -0.353. The number of benzene rings is 2. The zero-order valence-electron chi connectivity index (χ0n) is 12.7. The molecule has 0 spiro atoms. The summed E-state index contributed by atoms with van der Waals surface area (Å²) in [6, 6.07) is 16.8. The molecule has 23 heavy (non-hydrogen) atoms. The van der Waals surface area contributed by atoms with Crippen molar-refractivity contribution in [2.45, 2.75) is 6.92 Å². The third-order valence-electron chi connectivity index (χ3n) is 2.85. The average Bonchev–Trinajstić information content (AvgIpc) is 2.55. The molecule has 0 aliphatic carbocycles. The second kappa shape index (κ2) is 8.76. The number of ether oxygens (including phenoxy) is 1. The molecular formula is C18H17ClN2O2. The van der Waals surface area contributed by atoms with Crippen molar-refractivity contribution in [3.63, 3.8) is 0 Å². The van der Waals surface area contributed by atoms with Crippen LogP contribution in [0.1, 0.15) is 12.5 Å². The van der Waals surface area contributed by atoms with Gasteiger partial charge in [0.15, 0.2) is 6.61 Å². The van der Waals surface area contributed by atoms with Gasteiger partial charge in [-0.15, -0.1) is 0 Å². The minimum absolute atomic E-state index is 0.150. The van der Waals surface area contributed by atoms with Crippen molar-refractivity contribution >= 4 is 29.8 Å². The standard InChI is InChI=1S/C18H17ClN2O2/c1-14(11-15-7-3-2-4-8-15)12-20-21-18(22)13-23-17-10-6-5-9-16(17)19/h2-12H,13H2,1H3,(H,21,22). The smallest absolute Gasteiger partial charge is 0.277 e. The number of carbonyl (C=O) groups is 1. The highest BCUT2D eigenvalue weighted by atomic mass is 35.5. The van der Waals surface area contributed by atoms with E-state index in [9.17, 15) is 4.79 Å². The van der Waals surface area contributed by atoms with Crippen LogP contribution < -0.4 is 10.2 Å². The minimum Gasteiger partial charge on any atom is -0.482 e. The summed E-state index contributed by atoms with van der Waals surface area (Å²) in [7, 11) is 0. The molecule has 4 nitrogen and oxygen atoms in total. The summed E-state index contributed by atoms with van der Waals surface area (Å²) in [6.07, 6.45) is 3.55. The number of rotatable bonds is 6. The molecule has 0 saturated carbocycles. The van der Waals surface area contributed by atoms with Crippen LogP contribution in [0.5, 0.6) is 5.75 Å². The van der Waals surface area contributed by atoms with Gasteiger partial charge in [-0.3, -0.25) is 4.79 Å². The third kappa shape index (κ3) is 5.96. The highest BCUT2D eigenvalue weighted by Gasteiger charge is 2.03. The van der Waals surface area contributed by atoms with Crippen LogP contribution in [0.4, 0.5) is 0 Å². The Morgan fingerprint density at radius 3 is 2.61 bits per heavy atom. The van der Waals surface area contributed by atoms with Crippen LogP contribution in [0.3, 0.4) is 0 Å². The van der Waals surface area contributed by atoms with E-state index < -0.39 is 0 Å². The van der Waals surface area contributed by atoms with Crippen molar-refractivity contribution in [2.75, 3.05) is 6.61 Å². The molecule has 2 rings (SSSR count). The first-order valence-electron chi connectivity index (χ1n) is 7.08. The van der Waals surface area contributed by atoms with E-state index in [-0.39, 0.29) is 12.5 Å². The van der Waals surface area contributed by atoms with E-state index in [0.29, 0.717) is 10.8 Å². The van der Waals surface area contributed by atoms with Crippen molar-refractivity contribution in [3.8, 4) is 5.75 Å². The summed E-state index contributed by atoms with van der Waals surface area (Å²) in [6.45, 7) is 1.76. The number of hydrazone groups is 1. The lowest BCUT2D eigenvalue weighted by molar-refractivity contribution is -0.123. The summed E-state index contributed by atoms with van der Waals surface area (Å²) < 4.78 is 5.32. The highest BCUT2D eigenvalue weighted by molar-refractivity contribution is 6.32. The number of nitrogens with zero attached hydrogens (tertiary/aromatic N) is 1. The van der Waals surface area contributed by atoms with Gasteiger partial charge >= 0.3 is 0 Å². The van der Waals surface area contributed by atoms with Gasteiger partial charge in [0, 0.05) is 0 Å². The normalized spacial score (nSPS) is 11.5. The fourth-order valence-electron chi connectivity index (χ4n) is 1.79. The molecule has 0 aromatic heterocycles. The number of para-hydroxylation sites is 1. The van der Waals surface area contributed by atoms with Crippen molar-refractivity contribution in [2.24, 2.45) is 5.10 Å². The Hall–Kier alpha value is -2.59. The van der Waals surface area contributed by atoms with E-state index in [1.807, 2.05) is 43.3 Å². The second-order valence-electron chi connectivity index (χ2n) is 4.81. The van der Waals surface area contributed by atoms with Gasteiger partial charge in [-0.1, -0.05) is 60.1 Å². The molecule has 0 aliphatic heterocycles. The molecule has 0 bridgehead atoms. The van der Waals surface area contributed by atoms with Gasteiger partial charge in [-0.05, 0) is 30.2 Å². The maximum absolute atomic E-state index is 11.7. The Labute approximate surface area is 140 Å². The zero-order valence-corrected chi connectivity index (χ0v) is 13.5. The summed E-state index contributed by atoms with van der Waals surface area (Å²) >= 11 is 5.94. The Kier molecular flexibility index (Phi) is 6.39. The highest BCUT2D eigenvalue weighted by Crippen LogP contribution is 2.22. The predicted molar refractivity (Wildman–Crippen MR) is 93.7 cm³/mol. The quantitative estimate of drug-likeness (QED) is 0.645. The first-order valence-corrected chi connectivity index (χ1v) is 7.45. The fraction of sp³-hybridized carbons (Fsp3) is 0.111. The van der Waals surface area contributed by atoms with Crippen LogP contribution in [0.2, 0.25) is 5.02 Å². The van der Waals surface area contributed by atoms with Crippen molar-refractivity contribution in [1.82, 2.24) is 5.43 Å². The van der Waals surface area contributed by atoms with Crippen LogP contribution in [0.15, 0.2) is 65.3 Å². The second-order valence-corrected chi connectivity index (χ2v) is 5.22. The number of halogens is 1. The monoisotopic (exact) mass is 328 g/mol. The molecule has 0 atom stereocenters. The van der Waals surface area contributed by atoms with E-state index >= 15 is 0 Å². The van der Waals surface area contributed by atoms with Gasteiger partial charge in [-0.2, -0.15) is 5.10 Å². The van der Waals surface area contributed by atoms with Gasteiger partial charge < -0.3 is 4.74 Å². The molecule has 0 heterocycles. The number of amides is 1. The van der Waals surface area contributed by atoms with E-state index in [2.05, 4.69) is 10.5 Å². The van der Waals surface area contributed by atoms with E-state index in [4.69, 9.17) is 16.3 Å². The number of nitrogens with one attached hydrogen (secondary N) is 1. The molecular weight excluding hydrogens is 312 g/mol. The Morgan fingerprint density at radius 1 is 1.17 bits per heavy atom. The molecule has 0 unspecified atom stereocenters. The van der Waals surface area contributed by atoms with Gasteiger partial charge in [0.25, 0.3) is 5.91 Å². The van der Waals surface area contributed by atoms with E-state index in [0.717, 1.165) is 11.1 Å². The summed E-state index contributed by atoms with van der Waals surface area (Å²) in [4.78, 5) is 11.7. The molecule has 1 N–H and O–H groups in total. The van der Waals surface area contributed by atoms with E-state index in [1.165, 1.54) is 0 Å². The fourth-order valence-corrected chi connectivity index (χ4v) is 1.98. The molecule has 0 fully saturated rings. The summed E-state index contributed by atoms with van der Waals surface area (Å²) in [5.41, 5.74) is 4.40. The molecule has 1 amide bonds. The number of carbonyl (C=O) groups excluding carboxylic acids is 1. The molecule has 0 radical (unpaired) electrons.